The summed E-state index contributed by atoms with van der Waals surface area (Å²) in [6, 6.07) is 7.05. The fourth-order valence-electron chi connectivity index (χ4n) is 3.18. The van der Waals surface area contributed by atoms with Crippen LogP contribution in [0.15, 0.2) is 33.7 Å². The molecule has 1 aliphatic heterocycles. The van der Waals surface area contributed by atoms with Gasteiger partial charge in [-0.15, -0.1) is 0 Å². The molecule has 4 rings (SSSR count). The van der Waals surface area contributed by atoms with E-state index in [2.05, 4.69) is 10.1 Å². The summed E-state index contributed by atoms with van der Waals surface area (Å²) in [7, 11) is -3.52. The predicted molar refractivity (Wildman–Crippen MR) is 99.3 cm³/mol. The number of nitrogens with zero attached hydrogens (tertiary/aromatic N) is 4. The van der Waals surface area contributed by atoms with Crippen LogP contribution in [0.5, 0.6) is 5.75 Å². The molecule has 2 fully saturated rings. The van der Waals surface area contributed by atoms with Crippen molar-refractivity contribution in [2.24, 2.45) is 5.92 Å². The van der Waals surface area contributed by atoms with Crippen LogP contribution < -0.4 is 9.64 Å². The molecule has 1 saturated carbocycles. The van der Waals surface area contributed by atoms with Crippen LogP contribution in [0.2, 0.25) is 0 Å². The van der Waals surface area contributed by atoms with Crippen LogP contribution in [0, 0.1) is 5.92 Å². The van der Waals surface area contributed by atoms with Crippen LogP contribution in [0.3, 0.4) is 0 Å². The molecule has 8 nitrogen and oxygen atoms in total. The van der Waals surface area contributed by atoms with Gasteiger partial charge in [-0.3, -0.25) is 0 Å². The number of sulfonamides is 1. The van der Waals surface area contributed by atoms with E-state index in [4.69, 9.17) is 9.26 Å². The van der Waals surface area contributed by atoms with Crippen molar-refractivity contribution in [1.29, 1.82) is 0 Å². The monoisotopic (exact) mass is 392 g/mol. The minimum Gasteiger partial charge on any atom is -0.494 e. The van der Waals surface area contributed by atoms with Crippen molar-refractivity contribution in [3.8, 4) is 5.75 Å². The number of rotatable bonds is 7. The van der Waals surface area contributed by atoms with E-state index >= 15 is 0 Å². The first-order valence-corrected chi connectivity index (χ1v) is 10.8. The zero-order chi connectivity index (χ0) is 18.9. The number of hydrogen-bond donors (Lipinski definition) is 0. The highest BCUT2D eigenvalue weighted by atomic mass is 32.2. The summed E-state index contributed by atoms with van der Waals surface area (Å²) >= 11 is 0. The van der Waals surface area contributed by atoms with Gasteiger partial charge < -0.3 is 14.2 Å². The van der Waals surface area contributed by atoms with Crippen molar-refractivity contribution >= 4 is 16.0 Å². The molecule has 1 aliphatic carbocycles. The SMILES string of the molecule is CCOc1ccc(S(=O)(=O)N2CCN(c3nc(CC4CC4)no3)CC2)cc1. The quantitative estimate of drug-likeness (QED) is 0.711. The first-order valence-electron chi connectivity index (χ1n) is 9.37. The molecular formula is C18H24N4O4S. The lowest BCUT2D eigenvalue weighted by Gasteiger charge is -2.32. The standard InChI is InChI=1S/C18H24N4O4S/c1-2-25-15-5-7-16(8-6-15)27(23,24)22-11-9-21(10-12-22)18-19-17(20-26-18)13-14-3-4-14/h5-8,14H,2-4,9-13H2,1H3. The Morgan fingerprint density at radius 1 is 1.15 bits per heavy atom. The van der Waals surface area contributed by atoms with Crippen LogP contribution in [0.1, 0.15) is 25.6 Å². The summed E-state index contributed by atoms with van der Waals surface area (Å²) in [6.45, 7) is 4.27. The van der Waals surface area contributed by atoms with Gasteiger partial charge in [-0.1, -0.05) is 5.16 Å². The normalized spacial score (nSPS) is 18.6. The van der Waals surface area contributed by atoms with E-state index in [1.165, 1.54) is 17.1 Å². The number of aromatic nitrogens is 2. The number of anilines is 1. The van der Waals surface area contributed by atoms with Crippen molar-refractivity contribution < 1.29 is 17.7 Å². The molecule has 1 aromatic heterocycles. The molecule has 9 heteroatoms. The molecule has 2 aliphatic rings. The second-order valence-electron chi connectivity index (χ2n) is 6.94. The van der Waals surface area contributed by atoms with Gasteiger partial charge in [0.15, 0.2) is 5.82 Å². The third kappa shape index (κ3) is 4.08. The Bertz CT molecular complexity index is 869. The highest BCUT2D eigenvalue weighted by molar-refractivity contribution is 7.89. The Balaban J connectivity index is 1.38. The number of hydrogen-bond acceptors (Lipinski definition) is 7. The van der Waals surface area contributed by atoms with Gasteiger partial charge in [-0.05, 0) is 49.9 Å². The van der Waals surface area contributed by atoms with Crippen molar-refractivity contribution in [2.45, 2.75) is 31.1 Å². The van der Waals surface area contributed by atoms with Crippen LogP contribution in [0.4, 0.5) is 6.01 Å². The number of benzene rings is 1. The van der Waals surface area contributed by atoms with Gasteiger partial charge in [0, 0.05) is 32.6 Å². The lowest BCUT2D eigenvalue weighted by molar-refractivity contribution is 0.339. The Morgan fingerprint density at radius 2 is 1.85 bits per heavy atom. The molecule has 0 bridgehead atoms. The molecule has 0 atom stereocenters. The summed E-state index contributed by atoms with van der Waals surface area (Å²) in [4.78, 5) is 6.69. The molecule has 0 N–H and O–H groups in total. The van der Waals surface area contributed by atoms with E-state index in [1.54, 1.807) is 24.3 Å². The van der Waals surface area contributed by atoms with E-state index < -0.39 is 10.0 Å². The lowest BCUT2D eigenvalue weighted by Crippen LogP contribution is -2.48. The molecule has 2 heterocycles. The molecule has 0 unspecified atom stereocenters. The van der Waals surface area contributed by atoms with Crippen LogP contribution in [-0.4, -0.2) is 55.6 Å². The maximum atomic E-state index is 12.8. The number of ether oxygens (including phenoxy) is 1. The zero-order valence-corrected chi connectivity index (χ0v) is 16.2. The van der Waals surface area contributed by atoms with Crippen molar-refractivity contribution in [3.63, 3.8) is 0 Å². The molecule has 146 valence electrons. The maximum absolute atomic E-state index is 12.8. The molecule has 0 spiro atoms. The van der Waals surface area contributed by atoms with E-state index in [1.807, 2.05) is 11.8 Å². The second kappa shape index (κ2) is 7.47. The fourth-order valence-corrected chi connectivity index (χ4v) is 4.60. The van der Waals surface area contributed by atoms with Gasteiger partial charge in [0.1, 0.15) is 5.75 Å². The van der Waals surface area contributed by atoms with Gasteiger partial charge >= 0.3 is 6.01 Å². The summed E-state index contributed by atoms with van der Waals surface area (Å²) in [5, 5.41) is 4.04. The Hall–Kier alpha value is -2.13. The summed E-state index contributed by atoms with van der Waals surface area (Å²) in [6.07, 6.45) is 3.35. The van der Waals surface area contributed by atoms with Gasteiger partial charge in [0.2, 0.25) is 10.0 Å². The van der Waals surface area contributed by atoms with Gasteiger partial charge in [-0.2, -0.15) is 9.29 Å². The molecular weight excluding hydrogens is 368 g/mol. The van der Waals surface area contributed by atoms with E-state index in [9.17, 15) is 8.42 Å². The third-order valence-corrected chi connectivity index (χ3v) is 6.82. The summed E-state index contributed by atoms with van der Waals surface area (Å²) in [5.41, 5.74) is 0. The predicted octanol–water partition coefficient (Wildman–Crippen LogP) is 1.93. The Morgan fingerprint density at radius 3 is 2.48 bits per heavy atom. The Kier molecular flexibility index (Phi) is 5.05. The van der Waals surface area contributed by atoms with Crippen molar-refractivity contribution in [3.05, 3.63) is 30.1 Å². The molecule has 0 amide bonds. The average Bonchev–Trinajstić information content (AvgIpc) is 3.37. The van der Waals surface area contributed by atoms with Gasteiger partial charge in [0.05, 0.1) is 11.5 Å². The van der Waals surface area contributed by atoms with Crippen LogP contribution in [0.25, 0.3) is 0 Å². The summed E-state index contributed by atoms with van der Waals surface area (Å²) in [5.74, 6) is 2.11. The molecule has 1 saturated heterocycles. The third-order valence-electron chi connectivity index (χ3n) is 4.91. The first kappa shape index (κ1) is 18.2. The number of piperazine rings is 1. The summed E-state index contributed by atoms with van der Waals surface area (Å²) < 4.78 is 37.9. The smallest absolute Gasteiger partial charge is 0.324 e. The van der Waals surface area contributed by atoms with Crippen molar-refractivity contribution in [1.82, 2.24) is 14.4 Å². The average molecular weight is 392 g/mol. The molecule has 27 heavy (non-hydrogen) atoms. The highest BCUT2D eigenvalue weighted by Gasteiger charge is 2.31. The van der Waals surface area contributed by atoms with E-state index in [0.29, 0.717) is 50.5 Å². The van der Waals surface area contributed by atoms with Crippen LogP contribution >= 0.6 is 0 Å². The fraction of sp³-hybridized carbons (Fsp3) is 0.556. The second-order valence-corrected chi connectivity index (χ2v) is 8.87. The topological polar surface area (TPSA) is 88.8 Å². The Labute approximate surface area is 159 Å². The lowest BCUT2D eigenvalue weighted by atomic mass is 10.3. The molecule has 1 aromatic carbocycles. The first-order chi connectivity index (χ1) is 13.1. The maximum Gasteiger partial charge on any atom is 0.324 e. The van der Waals surface area contributed by atoms with Gasteiger partial charge in [0.25, 0.3) is 0 Å². The van der Waals surface area contributed by atoms with Gasteiger partial charge in [-0.25, -0.2) is 8.42 Å². The highest BCUT2D eigenvalue weighted by Crippen LogP contribution is 2.32. The zero-order valence-electron chi connectivity index (χ0n) is 15.4. The molecule has 2 aromatic rings. The van der Waals surface area contributed by atoms with E-state index in [-0.39, 0.29) is 4.90 Å². The van der Waals surface area contributed by atoms with E-state index in [0.717, 1.165) is 12.2 Å². The minimum atomic E-state index is -3.52. The minimum absolute atomic E-state index is 0.281. The van der Waals surface area contributed by atoms with Crippen molar-refractivity contribution in [2.75, 3.05) is 37.7 Å². The van der Waals surface area contributed by atoms with Crippen LogP contribution in [-0.2, 0) is 16.4 Å². The largest absolute Gasteiger partial charge is 0.494 e. The molecule has 0 radical (unpaired) electrons.